The number of nitro groups is 1. The van der Waals surface area contributed by atoms with Crippen LogP contribution in [0.5, 0.6) is 0 Å². The van der Waals surface area contributed by atoms with Crippen molar-refractivity contribution in [3.05, 3.63) is 58.3 Å². The molecule has 1 heterocycles. The second kappa shape index (κ2) is 8.35. The van der Waals surface area contributed by atoms with Crippen LogP contribution in [0.4, 0.5) is 17.2 Å². The Kier molecular flexibility index (Phi) is 6.19. The molecule has 0 aliphatic carbocycles. The lowest BCUT2D eigenvalue weighted by molar-refractivity contribution is -0.385. The molecule has 0 radical (unpaired) electrons. The first-order chi connectivity index (χ1) is 11.1. The van der Waals surface area contributed by atoms with Gasteiger partial charge in [0.1, 0.15) is 12.0 Å². The van der Waals surface area contributed by atoms with E-state index in [0.29, 0.717) is 23.9 Å². The van der Waals surface area contributed by atoms with Crippen molar-refractivity contribution in [3.63, 3.8) is 0 Å². The summed E-state index contributed by atoms with van der Waals surface area (Å²) in [5.41, 5.74) is 1.66. The second-order valence-corrected chi connectivity index (χ2v) is 6.34. The molecule has 0 unspecified atom stereocenters. The van der Waals surface area contributed by atoms with E-state index < -0.39 is 15.7 Å². The van der Waals surface area contributed by atoms with Gasteiger partial charge in [-0.05, 0) is 23.8 Å². The number of anilines is 2. The van der Waals surface area contributed by atoms with Crippen LogP contribution in [0, 0.1) is 10.1 Å². The fourth-order valence-corrected chi connectivity index (χ4v) is 2.94. The summed E-state index contributed by atoms with van der Waals surface area (Å²) in [4.78, 5) is 14.1. The summed E-state index contributed by atoms with van der Waals surface area (Å²) in [6.07, 6.45) is 1.20. The predicted octanol–water partition coefficient (Wildman–Crippen LogP) is 2.63. The predicted molar refractivity (Wildman–Crippen MR) is 89.2 cm³/mol. The van der Waals surface area contributed by atoms with E-state index in [0.717, 1.165) is 11.3 Å². The lowest BCUT2D eigenvalue weighted by atomic mass is 10.2. The number of aromatic nitrogens is 1. The molecule has 0 amide bonds. The van der Waals surface area contributed by atoms with Crippen LogP contribution in [0.1, 0.15) is 5.56 Å². The van der Waals surface area contributed by atoms with E-state index in [-0.39, 0.29) is 5.69 Å². The Hall–Kier alpha value is -2.32. The first-order valence-electron chi connectivity index (χ1n) is 6.89. The third-order valence-electron chi connectivity index (χ3n) is 3.00. The minimum atomic E-state index is -0.977. The van der Waals surface area contributed by atoms with E-state index in [4.69, 9.17) is 4.74 Å². The number of nitrogens with zero attached hydrogens (tertiary/aromatic N) is 2. The zero-order valence-electron chi connectivity index (χ0n) is 12.6. The zero-order chi connectivity index (χ0) is 16.7. The molecule has 1 N–H and O–H groups in total. The molecule has 0 saturated heterocycles. The molecule has 1 atom stereocenters. The summed E-state index contributed by atoms with van der Waals surface area (Å²) < 4.78 is 16.8. The molecule has 2 rings (SSSR count). The van der Waals surface area contributed by atoms with Crippen LogP contribution in [0.15, 0.2) is 42.6 Å². The number of methoxy groups -OCH3 is 1. The Morgan fingerprint density at radius 1 is 1.35 bits per heavy atom. The quantitative estimate of drug-likeness (QED) is 0.588. The first kappa shape index (κ1) is 17.0. The number of nitrogens with one attached hydrogen (secondary N) is 1. The second-order valence-electron chi connectivity index (χ2n) is 4.77. The molecule has 8 heteroatoms. The summed E-state index contributed by atoms with van der Waals surface area (Å²) >= 11 is 0. The van der Waals surface area contributed by atoms with E-state index in [2.05, 4.69) is 10.3 Å². The Balaban J connectivity index is 2.02. The van der Waals surface area contributed by atoms with E-state index in [1.807, 2.05) is 24.3 Å². The topological polar surface area (TPSA) is 94.4 Å². The normalized spacial score (nSPS) is 11.9. The van der Waals surface area contributed by atoms with Gasteiger partial charge in [0.15, 0.2) is 0 Å². The largest absolute Gasteiger partial charge is 0.384 e. The Morgan fingerprint density at radius 2 is 2.17 bits per heavy atom. The summed E-state index contributed by atoms with van der Waals surface area (Å²) in [6.45, 7) is 0.470. The van der Waals surface area contributed by atoms with Gasteiger partial charge in [-0.3, -0.25) is 14.3 Å². The number of hydrogen-bond donors (Lipinski definition) is 1. The van der Waals surface area contributed by atoms with Crippen LogP contribution >= 0.6 is 0 Å². The van der Waals surface area contributed by atoms with E-state index in [1.54, 1.807) is 13.2 Å². The molecule has 0 aliphatic rings. The molecule has 2 aromatic rings. The molecule has 122 valence electrons. The van der Waals surface area contributed by atoms with Gasteiger partial charge in [0, 0.05) is 41.2 Å². The van der Waals surface area contributed by atoms with Crippen molar-refractivity contribution >= 4 is 28.0 Å². The van der Waals surface area contributed by atoms with Crippen molar-refractivity contribution in [2.45, 2.75) is 5.75 Å². The van der Waals surface area contributed by atoms with E-state index >= 15 is 0 Å². The number of hydrogen-bond acceptors (Lipinski definition) is 6. The molecule has 1 aromatic carbocycles. The van der Waals surface area contributed by atoms with Crippen molar-refractivity contribution in [2.75, 3.05) is 24.8 Å². The van der Waals surface area contributed by atoms with Gasteiger partial charge in [-0.15, -0.1) is 0 Å². The third kappa shape index (κ3) is 5.42. The average Bonchev–Trinajstić information content (AvgIpc) is 2.54. The van der Waals surface area contributed by atoms with Gasteiger partial charge in [-0.25, -0.2) is 4.98 Å². The average molecular weight is 335 g/mol. The molecule has 23 heavy (non-hydrogen) atoms. The minimum Gasteiger partial charge on any atom is -0.384 e. The highest BCUT2D eigenvalue weighted by atomic mass is 32.2. The molecular weight excluding hydrogens is 318 g/mol. The molecule has 7 nitrogen and oxygen atoms in total. The zero-order valence-corrected chi connectivity index (χ0v) is 13.4. The summed E-state index contributed by atoms with van der Waals surface area (Å²) in [5, 5.41) is 13.7. The van der Waals surface area contributed by atoms with Gasteiger partial charge in [0.2, 0.25) is 0 Å². The van der Waals surface area contributed by atoms with Crippen molar-refractivity contribution in [1.29, 1.82) is 0 Å². The van der Waals surface area contributed by atoms with Crippen molar-refractivity contribution in [3.8, 4) is 0 Å². The monoisotopic (exact) mass is 335 g/mol. The summed E-state index contributed by atoms with van der Waals surface area (Å²) in [6, 6.07) is 10.4. The number of rotatable bonds is 8. The van der Waals surface area contributed by atoms with Crippen LogP contribution < -0.4 is 5.32 Å². The fourth-order valence-electron chi connectivity index (χ4n) is 1.89. The van der Waals surface area contributed by atoms with Crippen LogP contribution in [-0.4, -0.2) is 33.6 Å². The van der Waals surface area contributed by atoms with E-state index in [1.165, 1.54) is 12.3 Å². The van der Waals surface area contributed by atoms with Gasteiger partial charge in [0.25, 0.3) is 5.69 Å². The maximum absolute atomic E-state index is 11.9. The van der Waals surface area contributed by atoms with Crippen molar-refractivity contribution < 1.29 is 13.9 Å². The Morgan fingerprint density at radius 3 is 2.83 bits per heavy atom. The molecule has 0 fully saturated rings. The lowest BCUT2D eigenvalue weighted by Gasteiger charge is -2.08. The summed E-state index contributed by atoms with van der Waals surface area (Å²) in [7, 11) is 0.605. The molecule has 0 spiro atoms. The lowest BCUT2D eigenvalue weighted by Crippen LogP contribution is -2.06. The highest BCUT2D eigenvalue weighted by molar-refractivity contribution is 7.84. The van der Waals surface area contributed by atoms with E-state index in [9.17, 15) is 14.3 Å². The SMILES string of the molecule is COCC[S@](=O)Cc1cccc(Nc2ccc([N+](=O)[O-])cn2)c1. The highest BCUT2D eigenvalue weighted by Gasteiger charge is 2.06. The van der Waals surface area contributed by atoms with Crippen LogP contribution in [0.2, 0.25) is 0 Å². The van der Waals surface area contributed by atoms with Gasteiger partial charge in [-0.1, -0.05) is 12.1 Å². The summed E-state index contributed by atoms with van der Waals surface area (Å²) in [5.74, 6) is 1.46. The maximum Gasteiger partial charge on any atom is 0.287 e. The standard InChI is InChI=1S/C15H17N3O4S/c1-22-7-8-23(21)11-12-3-2-4-13(9-12)17-15-6-5-14(10-16-15)18(19)20/h2-6,9-10H,7-8,11H2,1H3,(H,16,17)/t23-/m0/s1. The molecular formula is C15H17N3O4S. The maximum atomic E-state index is 11.9. The van der Waals surface area contributed by atoms with Crippen LogP contribution in [0.3, 0.4) is 0 Å². The van der Waals surface area contributed by atoms with Gasteiger partial charge < -0.3 is 10.1 Å². The number of pyridine rings is 1. The number of ether oxygens (including phenoxy) is 1. The number of benzene rings is 1. The molecule has 1 aromatic heterocycles. The minimum absolute atomic E-state index is 0.0576. The van der Waals surface area contributed by atoms with Crippen molar-refractivity contribution in [1.82, 2.24) is 4.98 Å². The van der Waals surface area contributed by atoms with Crippen molar-refractivity contribution in [2.24, 2.45) is 0 Å². The third-order valence-corrected chi connectivity index (χ3v) is 4.28. The van der Waals surface area contributed by atoms with Gasteiger partial charge >= 0.3 is 0 Å². The molecule has 0 bridgehead atoms. The van der Waals surface area contributed by atoms with Crippen LogP contribution in [-0.2, 0) is 21.3 Å². The van der Waals surface area contributed by atoms with Gasteiger partial charge in [0.05, 0.1) is 11.5 Å². The Bertz CT molecular complexity index is 691. The highest BCUT2D eigenvalue weighted by Crippen LogP contribution is 2.19. The first-order valence-corrected chi connectivity index (χ1v) is 8.37. The molecule has 0 saturated carbocycles. The smallest absolute Gasteiger partial charge is 0.287 e. The van der Waals surface area contributed by atoms with Crippen LogP contribution in [0.25, 0.3) is 0 Å². The fraction of sp³-hybridized carbons (Fsp3) is 0.267. The molecule has 0 aliphatic heterocycles. The van der Waals surface area contributed by atoms with Gasteiger partial charge in [-0.2, -0.15) is 0 Å². The Labute approximate surface area is 136 Å².